The first kappa shape index (κ1) is 33.0. The molecule has 0 aromatic rings. The van der Waals surface area contributed by atoms with Crippen molar-refractivity contribution in [3.63, 3.8) is 0 Å². The van der Waals surface area contributed by atoms with Crippen molar-refractivity contribution < 1.29 is 39.3 Å². The predicted molar refractivity (Wildman–Crippen MR) is 135 cm³/mol. The van der Waals surface area contributed by atoms with E-state index in [-0.39, 0.29) is 18.2 Å². The SMILES string of the molecule is C=C(C)C(=O)NCCCCCCCCCCC(=O)NCCCCC(C(=O)O)N(CC(=O)O)CC(=O)O. The first-order valence-electron chi connectivity index (χ1n) is 12.7. The fraction of sp³-hybridized carbons (Fsp3) is 0.720. The van der Waals surface area contributed by atoms with Crippen LogP contribution >= 0.6 is 0 Å². The van der Waals surface area contributed by atoms with Gasteiger partial charge in [0, 0.05) is 25.1 Å². The van der Waals surface area contributed by atoms with Gasteiger partial charge in [-0.2, -0.15) is 0 Å². The molecular weight excluding hydrogens is 470 g/mol. The highest BCUT2D eigenvalue weighted by molar-refractivity contribution is 5.92. The van der Waals surface area contributed by atoms with E-state index in [1.165, 1.54) is 0 Å². The summed E-state index contributed by atoms with van der Waals surface area (Å²) in [6.07, 6.45) is 9.70. The third kappa shape index (κ3) is 18.4. The van der Waals surface area contributed by atoms with Crippen LogP contribution in [0.5, 0.6) is 0 Å². The second-order valence-electron chi connectivity index (χ2n) is 9.01. The van der Waals surface area contributed by atoms with Gasteiger partial charge in [-0.05, 0) is 39.0 Å². The molecule has 5 N–H and O–H groups in total. The number of carboxylic acid groups (broad SMARTS) is 3. The minimum absolute atomic E-state index is 0.0556. The Balaban J connectivity index is 3.82. The van der Waals surface area contributed by atoms with Crippen molar-refractivity contribution in [2.45, 2.75) is 90.0 Å². The Morgan fingerprint density at radius 2 is 1.19 bits per heavy atom. The van der Waals surface area contributed by atoms with Crippen molar-refractivity contribution in [2.75, 3.05) is 26.2 Å². The molecule has 0 spiro atoms. The molecule has 206 valence electrons. The Morgan fingerprint density at radius 1 is 0.722 bits per heavy atom. The van der Waals surface area contributed by atoms with E-state index in [2.05, 4.69) is 17.2 Å². The van der Waals surface area contributed by atoms with Crippen LogP contribution in [0, 0.1) is 0 Å². The Hall–Kier alpha value is -2.95. The lowest BCUT2D eigenvalue weighted by Gasteiger charge is -2.25. The van der Waals surface area contributed by atoms with Gasteiger partial charge in [0.15, 0.2) is 0 Å². The van der Waals surface area contributed by atoms with Crippen LogP contribution in [0.2, 0.25) is 0 Å². The highest BCUT2D eigenvalue weighted by Crippen LogP contribution is 2.11. The summed E-state index contributed by atoms with van der Waals surface area (Å²) >= 11 is 0. The molecule has 11 nitrogen and oxygen atoms in total. The zero-order chi connectivity index (χ0) is 27.3. The molecule has 0 aliphatic heterocycles. The van der Waals surface area contributed by atoms with Gasteiger partial charge in [-0.3, -0.25) is 28.9 Å². The van der Waals surface area contributed by atoms with Crippen LogP contribution in [0.3, 0.4) is 0 Å². The number of amides is 2. The largest absolute Gasteiger partial charge is 0.480 e. The Labute approximate surface area is 213 Å². The standard InChI is InChI=1S/C25H43N3O8/c1-19(2)24(34)27-16-11-8-6-4-3-5-7-9-14-21(29)26-15-12-10-13-20(25(35)36)28(17-22(30)31)18-23(32)33/h20H,1,3-18H2,2H3,(H,26,29)(H,27,34)(H,30,31)(H,32,33)(H,35,36). The number of hydrogen-bond acceptors (Lipinski definition) is 6. The van der Waals surface area contributed by atoms with Crippen LogP contribution in [0.4, 0.5) is 0 Å². The van der Waals surface area contributed by atoms with Crippen molar-refractivity contribution in [3.8, 4) is 0 Å². The van der Waals surface area contributed by atoms with Gasteiger partial charge >= 0.3 is 17.9 Å². The molecule has 1 atom stereocenters. The summed E-state index contributed by atoms with van der Waals surface area (Å²) < 4.78 is 0. The number of carbonyl (C=O) groups is 5. The Bertz CT molecular complexity index is 710. The van der Waals surface area contributed by atoms with E-state index in [1.54, 1.807) is 6.92 Å². The lowest BCUT2D eigenvalue weighted by molar-refractivity contribution is -0.149. The van der Waals surface area contributed by atoms with Gasteiger partial charge in [0.05, 0.1) is 13.1 Å². The summed E-state index contributed by atoms with van der Waals surface area (Å²) in [4.78, 5) is 57.5. The maximum Gasteiger partial charge on any atom is 0.320 e. The van der Waals surface area contributed by atoms with E-state index in [0.717, 1.165) is 56.3 Å². The lowest BCUT2D eigenvalue weighted by Crippen LogP contribution is -2.46. The second kappa shape index (κ2) is 20.3. The van der Waals surface area contributed by atoms with E-state index >= 15 is 0 Å². The van der Waals surface area contributed by atoms with Crippen molar-refractivity contribution >= 4 is 29.7 Å². The van der Waals surface area contributed by atoms with Crippen molar-refractivity contribution in [1.82, 2.24) is 15.5 Å². The molecule has 0 fully saturated rings. The normalized spacial score (nSPS) is 11.6. The molecule has 36 heavy (non-hydrogen) atoms. The monoisotopic (exact) mass is 513 g/mol. The molecule has 0 radical (unpaired) electrons. The molecule has 0 saturated heterocycles. The van der Waals surface area contributed by atoms with Crippen LogP contribution in [-0.4, -0.2) is 82.2 Å². The molecule has 0 rings (SSSR count). The first-order valence-corrected chi connectivity index (χ1v) is 12.7. The van der Waals surface area contributed by atoms with E-state index in [1.807, 2.05) is 0 Å². The quantitative estimate of drug-likeness (QED) is 0.101. The fourth-order valence-electron chi connectivity index (χ4n) is 3.69. The van der Waals surface area contributed by atoms with E-state index in [0.29, 0.717) is 37.9 Å². The second-order valence-corrected chi connectivity index (χ2v) is 9.01. The van der Waals surface area contributed by atoms with E-state index < -0.39 is 37.0 Å². The number of carboxylic acids is 3. The summed E-state index contributed by atoms with van der Waals surface area (Å²) in [7, 11) is 0. The Kier molecular flexibility index (Phi) is 18.6. The van der Waals surface area contributed by atoms with Crippen LogP contribution in [0.15, 0.2) is 12.2 Å². The topological polar surface area (TPSA) is 173 Å². The minimum Gasteiger partial charge on any atom is -0.480 e. The summed E-state index contributed by atoms with van der Waals surface area (Å²) in [6, 6.07) is -1.21. The zero-order valence-corrected chi connectivity index (χ0v) is 21.4. The molecule has 0 aliphatic carbocycles. The average molecular weight is 514 g/mol. The molecule has 0 heterocycles. The van der Waals surface area contributed by atoms with Gasteiger partial charge in [-0.25, -0.2) is 0 Å². The summed E-state index contributed by atoms with van der Waals surface area (Å²) in [5.74, 6) is -4.01. The third-order valence-corrected chi connectivity index (χ3v) is 5.63. The van der Waals surface area contributed by atoms with E-state index in [9.17, 15) is 29.1 Å². The van der Waals surface area contributed by atoms with Crippen molar-refractivity contribution in [1.29, 1.82) is 0 Å². The van der Waals surface area contributed by atoms with Gasteiger partial charge in [0.1, 0.15) is 6.04 Å². The molecule has 0 saturated carbocycles. The highest BCUT2D eigenvalue weighted by Gasteiger charge is 2.28. The van der Waals surface area contributed by atoms with Gasteiger partial charge in [0.2, 0.25) is 11.8 Å². The molecule has 11 heteroatoms. The van der Waals surface area contributed by atoms with Crippen LogP contribution in [0.1, 0.15) is 84.0 Å². The van der Waals surface area contributed by atoms with Crippen LogP contribution in [-0.2, 0) is 24.0 Å². The maximum atomic E-state index is 11.9. The highest BCUT2D eigenvalue weighted by atomic mass is 16.4. The summed E-state index contributed by atoms with van der Waals surface area (Å²) in [5.41, 5.74) is 0.522. The van der Waals surface area contributed by atoms with Gasteiger partial charge in [0.25, 0.3) is 0 Å². The molecule has 0 bridgehead atoms. The van der Waals surface area contributed by atoms with Crippen LogP contribution in [0.25, 0.3) is 0 Å². The first-order chi connectivity index (χ1) is 17.0. The molecule has 0 aliphatic rings. The minimum atomic E-state index is -1.30. The zero-order valence-electron chi connectivity index (χ0n) is 21.4. The third-order valence-electron chi connectivity index (χ3n) is 5.63. The smallest absolute Gasteiger partial charge is 0.320 e. The molecular formula is C25H43N3O8. The van der Waals surface area contributed by atoms with Crippen LogP contribution < -0.4 is 10.6 Å². The number of rotatable bonds is 23. The maximum absolute atomic E-state index is 11.9. The number of nitrogens with one attached hydrogen (secondary N) is 2. The van der Waals surface area contributed by atoms with Crippen molar-refractivity contribution in [2.24, 2.45) is 0 Å². The number of nitrogens with zero attached hydrogens (tertiary/aromatic N) is 1. The lowest BCUT2D eigenvalue weighted by atomic mass is 10.1. The number of unbranched alkanes of at least 4 members (excludes halogenated alkanes) is 8. The predicted octanol–water partition coefficient (Wildman–Crippen LogP) is 2.40. The molecule has 0 aromatic heterocycles. The number of hydrogen-bond donors (Lipinski definition) is 5. The number of aliphatic carboxylic acids is 3. The molecule has 0 aromatic carbocycles. The van der Waals surface area contributed by atoms with Gasteiger partial charge in [-0.1, -0.05) is 45.1 Å². The van der Waals surface area contributed by atoms with E-state index in [4.69, 9.17) is 10.2 Å². The van der Waals surface area contributed by atoms with Gasteiger partial charge in [-0.15, -0.1) is 0 Å². The Morgan fingerprint density at radius 3 is 1.69 bits per heavy atom. The number of carbonyl (C=O) groups excluding carboxylic acids is 2. The fourth-order valence-corrected chi connectivity index (χ4v) is 3.69. The molecule has 1 unspecified atom stereocenters. The van der Waals surface area contributed by atoms with Gasteiger partial charge < -0.3 is 26.0 Å². The summed E-state index contributed by atoms with van der Waals surface area (Å²) in [6.45, 7) is 5.00. The molecule has 2 amide bonds. The van der Waals surface area contributed by atoms with Crippen molar-refractivity contribution in [3.05, 3.63) is 12.2 Å². The average Bonchev–Trinajstić information content (AvgIpc) is 2.78. The summed E-state index contributed by atoms with van der Waals surface area (Å²) in [5, 5.41) is 32.8.